The summed E-state index contributed by atoms with van der Waals surface area (Å²) in [7, 11) is 0. The van der Waals surface area contributed by atoms with Gasteiger partial charge in [-0.05, 0) is 30.0 Å². The SMILES string of the molecule is CC(O)(CNCc1ccccc1Cl)c1cccs1. The Morgan fingerprint density at radius 1 is 1.28 bits per heavy atom. The Hall–Kier alpha value is -0.870. The highest BCUT2D eigenvalue weighted by Crippen LogP contribution is 2.24. The van der Waals surface area contributed by atoms with Crippen molar-refractivity contribution in [1.82, 2.24) is 5.32 Å². The van der Waals surface area contributed by atoms with E-state index in [4.69, 9.17) is 11.6 Å². The maximum Gasteiger partial charge on any atom is 0.108 e. The molecular weight excluding hydrogens is 266 g/mol. The van der Waals surface area contributed by atoms with Gasteiger partial charge in [0.05, 0.1) is 0 Å². The van der Waals surface area contributed by atoms with Gasteiger partial charge in [0.2, 0.25) is 0 Å². The first kappa shape index (κ1) is 13.6. The second-order valence-corrected chi connectivity index (χ2v) is 5.80. The fourth-order valence-electron chi connectivity index (χ4n) is 1.75. The third-order valence-corrected chi connectivity index (χ3v) is 4.29. The minimum absolute atomic E-state index is 0.499. The maximum atomic E-state index is 10.3. The summed E-state index contributed by atoms with van der Waals surface area (Å²) in [4.78, 5) is 0.967. The smallest absolute Gasteiger partial charge is 0.108 e. The third kappa shape index (κ3) is 3.33. The molecule has 0 spiro atoms. The Labute approximate surface area is 116 Å². The van der Waals surface area contributed by atoms with Crippen molar-refractivity contribution >= 4 is 22.9 Å². The molecule has 2 rings (SSSR count). The number of hydrogen-bond donors (Lipinski definition) is 2. The molecule has 2 N–H and O–H groups in total. The van der Waals surface area contributed by atoms with Gasteiger partial charge in [0, 0.05) is 23.0 Å². The number of halogens is 1. The first-order valence-corrected chi connectivity index (χ1v) is 7.06. The second kappa shape index (κ2) is 5.85. The van der Waals surface area contributed by atoms with E-state index >= 15 is 0 Å². The monoisotopic (exact) mass is 281 g/mol. The van der Waals surface area contributed by atoms with E-state index < -0.39 is 5.60 Å². The van der Waals surface area contributed by atoms with E-state index in [0.29, 0.717) is 13.1 Å². The van der Waals surface area contributed by atoms with Gasteiger partial charge in [-0.3, -0.25) is 0 Å². The van der Waals surface area contributed by atoms with Gasteiger partial charge in [0.25, 0.3) is 0 Å². The van der Waals surface area contributed by atoms with Crippen molar-refractivity contribution in [1.29, 1.82) is 0 Å². The van der Waals surface area contributed by atoms with Crippen molar-refractivity contribution in [3.8, 4) is 0 Å². The molecular formula is C14H16ClNOS. The van der Waals surface area contributed by atoms with Gasteiger partial charge in [-0.15, -0.1) is 11.3 Å². The second-order valence-electron chi connectivity index (χ2n) is 4.45. The Kier molecular flexibility index (Phi) is 4.40. The Bertz CT molecular complexity index is 496. The number of rotatable bonds is 5. The highest BCUT2D eigenvalue weighted by Gasteiger charge is 2.23. The number of aliphatic hydroxyl groups is 1. The first-order chi connectivity index (χ1) is 8.59. The highest BCUT2D eigenvalue weighted by molar-refractivity contribution is 7.10. The normalized spacial score (nSPS) is 14.4. The van der Waals surface area contributed by atoms with Gasteiger partial charge in [0.15, 0.2) is 0 Å². The fraction of sp³-hybridized carbons (Fsp3) is 0.286. The molecule has 1 aromatic heterocycles. The summed E-state index contributed by atoms with van der Waals surface area (Å²) in [6, 6.07) is 11.6. The summed E-state index contributed by atoms with van der Waals surface area (Å²) in [6.07, 6.45) is 0. The van der Waals surface area contributed by atoms with Gasteiger partial charge in [0.1, 0.15) is 5.60 Å². The molecule has 2 nitrogen and oxygen atoms in total. The number of thiophene rings is 1. The number of hydrogen-bond acceptors (Lipinski definition) is 3. The molecule has 0 aliphatic rings. The molecule has 0 saturated carbocycles. The molecule has 1 atom stereocenters. The summed E-state index contributed by atoms with van der Waals surface area (Å²) in [5.41, 5.74) is 0.205. The van der Waals surface area contributed by atoms with Crippen LogP contribution in [0.25, 0.3) is 0 Å². The molecule has 2 aromatic rings. The van der Waals surface area contributed by atoms with Gasteiger partial charge in [-0.25, -0.2) is 0 Å². The molecule has 18 heavy (non-hydrogen) atoms. The van der Waals surface area contributed by atoms with Crippen LogP contribution in [-0.2, 0) is 12.1 Å². The van der Waals surface area contributed by atoms with Crippen LogP contribution < -0.4 is 5.32 Å². The maximum absolute atomic E-state index is 10.3. The standard InChI is InChI=1S/C14H16ClNOS/c1-14(17,13-7-4-8-18-13)10-16-9-11-5-2-3-6-12(11)15/h2-8,16-17H,9-10H2,1H3. The summed E-state index contributed by atoms with van der Waals surface area (Å²) in [6.45, 7) is 2.97. The van der Waals surface area contributed by atoms with E-state index in [1.54, 1.807) is 11.3 Å². The lowest BCUT2D eigenvalue weighted by atomic mass is 10.1. The zero-order chi connectivity index (χ0) is 13.0. The zero-order valence-corrected chi connectivity index (χ0v) is 11.8. The minimum atomic E-state index is -0.838. The van der Waals surface area contributed by atoms with Gasteiger partial charge >= 0.3 is 0 Å². The Morgan fingerprint density at radius 2 is 2.06 bits per heavy atom. The fourth-order valence-corrected chi connectivity index (χ4v) is 2.74. The van der Waals surface area contributed by atoms with Crippen LogP contribution in [-0.4, -0.2) is 11.7 Å². The van der Waals surface area contributed by atoms with Crippen LogP contribution in [0.2, 0.25) is 5.02 Å². The average molecular weight is 282 g/mol. The molecule has 1 heterocycles. The van der Waals surface area contributed by atoms with Crippen LogP contribution in [0.5, 0.6) is 0 Å². The van der Waals surface area contributed by atoms with E-state index in [-0.39, 0.29) is 0 Å². The third-order valence-electron chi connectivity index (χ3n) is 2.79. The van der Waals surface area contributed by atoms with Crippen LogP contribution in [0.15, 0.2) is 41.8 Å². The highest BCUT2D eigenvalue weighted by atomic mass is 35.5. The summed E-state index contributed by atoms with van der Waals surface area (Å²) >= 11 is 7.64. The van der Waals surface area contributed by atoms with Crippen LogP contribution in [0.4, 0.5) is 0 Å². The molecule has 1 aromatic carbocycles. The van der Waals surface area contributed by atoms with E-state index in [9.17, 15) is 5.11 Å². The van der Waals surface area contributed by atoms with Gasteiger partial charge in [-0.1, -0.05) is 35.9 Å². The first-order valence-electron chi connectivity index (χ1n) is 5.80. The molecule has 0 radical (unpaired) electrons. The number of benzene rings is 1. The van der Waals surface area contributed by atoms with E-state index in [0.717, 1.165) is 15.5 Å². The van der Waals surface area contributed by atoms with E-state index in [1.165, 1.54) is 0 Å². The van der Waals surface area contributed by atoms with Crippen molar-refractivity contribution in [3.63, 3.8) is 0 Å². The summed E-state index contributed by atoms with van der Waals surface area (Å²) in [5, 5.41) is 16.3. The lowest BCUT2D eigenvalue weighted by Crippen LogP contribution is -2.34. The lowest BCUT2D eigenvalue weighted by Gasteiger charge is -2.22. The van der Waals surface area contributed by atoms with Crippen LogP contribution >= 0.6 is 22.9 Å². The molecule has 0 amide bonds. The molecule has 0 fully saturated rings. The van der Waals surface area contributed by atoms with Crippen molar-refractivity contribution in [2.75, 3.05) is 6.54 Å². The Balaban J connectivity index is 1.91. The van der Waals surface area contributed by atoms with Crippen molar-refractivity contribution in [2.24, 2.45) is 0 Å². The minimum Gasteiger partial charge on any atom is -0.383 e. The van der Waals surface area contributed by atoms with Crippen LogP contribution in [0, 0.1) is 0 Å². The molecule has 1 unspecified atom stereocenters. The summed E-state index contributed by atoms with van der Waals surface area (Å²) < 4.78 is 0. The quantitative estimate of drug-likeness (QED) is 0.880. The lowest BCUT2D eigenvalue weighted by molar-refractivity contribution is 0.0604. The molecule has 4 heteroatoms. The van der Waals surface area contributed by atoms with Crippen molar-refractivity contribution in [2.45, 2.75) is 19.1 Å². The van der Waals surface area contributed by atoms with E-state index in [2.05, 4.69) is 5.32 Å². The molecule has 0 aliphatic heterocycles. The van der Waals surface area contributed by atoms with Crippen molar-refractivity contribution in [3.05, 3.63) is 57.2 Å². The molecule has 0 aliphatic carbocycles. The largest absolute Gasteiger partial charge is 0.383 e. The Morgan fingerprint density at radius 3 is 2.72 bits per heavy atom. The van der Waals surface area contributed by atoms with Crippen LogP contribution in [0.1, 0.15) is 17.4 Å². The molecule has 0 saturated heterocycles. The molecule has 96 valence electrons. The topological polar surface area (TPSA) is 32.3 Å². The van der Waals surface area contributed by atoms with Crippen molar-refractivity contribution < 1.29 is 5.11 Å². The van der Waals surface area contributed by atoms with E-state index in [1.807, 2.05) is 48.7 Å². The van der Waals surface area contributed by atoms with Crippen LogP contribution in [0.3, 0.4) is 0 Å². The predicted octanol–water partition coefficient (Wildman–Crippen LogP) is 3.40. The zero-order valence-electron chi connectivity index (χ0n) is 10.2. The predicted molar refractivity (Wildman–Crippen MR) is 77.0 cm³/mol. The number of nitrogens with one attached hydrogen (secondary N) is 1. The summed E-state index contributed by atoms with van der Waals surface area (Å²) in [5.74, 6) is 0. The van der Waals surface area contributed by atoms with Gasteiger partial charge in [-0.2, -0.15) is 0 Å². The average Bonchev–Trinajstić information content (AvgIpc) is 2.86. The molecule has 0 bridgehead atoms. The van der Waals surface area contributed by atoms with Gasteiger partial charge < -0.3 is 10.4 Å².